The molecule has 3 fully saturated rings. The largest absolute Gasteiger partial charge is 0.465 e. The Hall–Kier alpha value is -1.58. The fourth-order valence-corrected chi connectivity index (χ4v) is 4.66. The Balaban J connectivity index is 1.48. The van der Waals surface area contributed by atoms with Gasteiger partial charge in [0.1, 0.15) is 5.82 Å². The quantitative estimate of drug-likeness (QED) is 0.859. The lowest BCUT2D eigenvalue weighted by Gasteiger charge is -2.12. The van der Waals surface area contributed by atoms with Crippen molar-refractivity contribution in [3.05, 3.63) is 23.4 Å². The molecule has 0 spiro atoms. The van der Waals surface area contributed by atoms with Gasteiger partial charge in [0, 0.05) is 6.04 Å². The van der Waals surface area contributed by atoms with Gasteiger partial charge in [-0.2, -0.15) is 0 Å². The maximum absolute atomic E-state index is 11.6. The van der Waals surface area contributed by atoms with Gasteiger partial charge in [0.2, 0.25) is 0 Å². The van der Waals surface area contributed by atoms with E-state index in [1.165, 1.54) is 26.4 Å². The van der Waals surface area contributed by atoms with Crippen molar-refractivity contribution < 1.29 is 9.53 Å². The lowest BCUT2D eigenvalue weighted by molar-refractivity contribution is 0.0599. The number of pyridine rings is 1. The molecule has 1 heterocycles. The average molecular weight is 272 g/mol. The molecule has 1 aromatic rings. The fraction of sp³-hybridized carbons (Fsp3) is 0.625. The van der Waals surface area contributed by atoms with Crippen LogP contribution in [0.1, 0.15) is 35.3 Å². The summed E-state index contributed by atoms with van der Waals surface area (Å²) in [5.41, 5.74) is 1.28. The fourth-order valence-electron chi connectivity index (χ4n) is 4.66. The van der Waals surface area contributed by atoms with Crippen LogP contribution >= 0.6 is 0 Å². The van der Waals surface area contributed by atoms with Gasteiger partial charge < -0.3 is 10.1 Å². The van der Waals surface area contributed by atoms with Crippen LogP contribution in [0.15, 0.2) is 12.1 Å². The van der Waals surface area contributed by atoms with Crippen molar-refractivity contribution in [1.29, 1.82) is 0 Å². The summed E-state index contributed by atoms with van der Waals surface area (Å²) < 4.78 is 4.75. The summed E-state index contributed by atoms with van der Waals surface area (Å²) in [6, 6.07) is 4.33. The minimum absolute atomic E-state index is 0.317. The molecular weight excluding hydrogens is 252 g/mol. The Labute approximate surface area is 118 Å². The minimum atomic E-state index is -0.317. The van der Waals surface area contributed by atoms with Gasteiger partial charge in [0.25, 0.3) is 0 Å². The summed E-state index contributed by atoms with van der Waals surface area (Å²) >= 11 is 0. The summed E-state index contributed by atoms with van der Waals surface area (Å²) in [5.74, 6) is 4.26. The lowest BCUT2D eigenvalue weighted by atomic mass is 10.0. The van der Waals surface area contributed by atoms with Gasteiger partial charge in [0.15, 0.2) is 0 Å². The van der Waals surface area contributed by atoms with Gasteiger partial charge in [-0.15, -0.1) is 0 Å². The molecule has 0 amide bonds. The predicted octanol–water partition coefficient (Wildman–Crippen LogP) is 2.63. The second-order valence-corrected chi connectivity index (χ2v) is 6.48. The number of carbonyl (C=O) groups is 1. The van der Waals surface area contributed by atoms with E-state index in [9.17, 15) is 4.79 Å². The topological polar surface area (TPSA) is 51.2 Å². The number of hydrogen-bond acceptors (Lipinski definition) is 4. The minimum Gasteiger partial charge on any atom is -0.465 e. The molecule has 4 rings (SSSR count). The van der Waals surface area contributed by atoms with Crippen molar-refractivity contribution in [3.63, 3.8) is 0 Å². The number of ether oxygens (including phenoxy) is 1. The van der Waals surface area contributed by atoms with Gasteiger partial charge >= 0.3 is 5.97 Å². The molecule has 2 bridgehead atoms. The number of aromatic nitrogens is 1. The molecule has 106 valence electrons. The van der Waals surface area contributed by atoms with E-state index in [0.717, 1.165) is 35.2 Å². The molecule has 4 heteroatoms. The first kappa shape index (κ1) is 12.2. The number of anilines is 1. The zero-order valence-corrected chi connectivity index (χ0v) is 11.9. The SMILES string of the molecule is COC(=O)c1ccc(NC2C3C4CCC(C4)C23)nc1C. The van der Waals surface area contributed by atoms with Gasteiger partial charge in [-0.05, 0) is 62.0 Å². The molecule has 0 aliphatic heterocycles. The van der Waals surface area contributed by atoms with E-state index in [1.807, 2.05) is 19.1 Å². The van der Waals surface area contributed by atoms with Crippen LogP contribution in [-0.2, 0) is 4.74 Å². The molecule has 3 aliphatic carbocycles. The van der Waals surface area contributed by atoms with Crippen LogP contribution in [0.25, 0.3) is 0 Å². The summed E-state index contributed by atoms with van der Waals surface area (Å²) in [4.78, 5) is 16.1. The second-order valence-electron chi connectivity index (χ2n) is 6.48. The predicted molar refractivity (Wildman–Crippen MR) is 75.5 cm³/mol. The molecule has 3 saturated carbocycles. The normalized spacial score (nSPS) is 36.6. The Bertz CT molecular complexity index is 556. The highest BCUT2D eigenvalue weighted by atomic mass is 16.5. The van der Waals surface area contributed by atoms with Crippen molar-refractivity contribution in [2.75, 3.05) is 12.4 Å². The number of nitrogens with one attached hydrogen (secondary N) is 1. The molecule has 20 heavy (non-hydrogen) atoms. The van der Waals surface area contributed by atoms with E-state index in [2.05, 4.69) is 10.3 Å². The first-order chi connectivity index (χ1) is 9.69. The van der Waals surface area contributed by atoms with Crippen molar-refractivity contribution in [1.82, 2.24) is 4.98 Å². The first-order valence-electron chi connectivity index (χ1n) is 7.51. The molecule has 4 nitrogen and oxygen atoms in total. The molecule has 0 aromatic carbocycles. The average Bonchev–Trinajstić information content (AvgIpc) is 2.84. The third kappa shape index (κ3) is 1.67. The highest BCUT2D eigenvalue weighted by molar-refractivity contribution is 5.90. The number of nitrogens with zero attached hydrogens (tertiary/aromatic N) is 1. The summed E-state index contributed by atoms with van der Waals surface area (Å²) in [7, 11) is 1.40. The number of rotatable bonds is 3. The Morgan fingerprint density at radius 2 is 2.00 bits per heavy atom. The van der Waals surface area contributed by atoms with Crippen LogP contribution in [0, 0.1) is 30.6 Å². The molecular formula is C16H20N2O2. The van der Waals surface area contributed by atoms with E-state index >= 15 is 0 Å². The van der Waals surface area contributed by atoms with Gasteiger partial charge in [-0.3, -0.25) is 0 Å². The molecule has 0 saturated heterocycles. The highest BCUT2D eigenvalue weighted by Crippen LogP contribution is 2.66. The Morgan fingerprint density at radius 1 is 1.30 bits per heavy atom. The molecule has 0 radical (unpaired) electrons. The standard InChI is InChI=1S/C16H20N2O2/c1-8-11(16(19)20-2)5-6-12(17-8)18-15-13-9-3-4-10(7-9)14(13)15/h5-6,9-10,13-15H,3-4,7H2,1-2H3,(H,17,18). The lowest BCUT2D eigenvalue weighted by Crippen LogP contribution is -2.14. The van der Waals surface area contributed by atoms with Crippen molar-refractivity contribution in [3.8, 4) is 0 Å². The van der Waals surface area contributed by atoms with Crippen molar-refractivity contribution >= 4 is 11.8 Å². The van der Waals surface area contributed by atoms with Crippen LogP contribution in [0.2, 0.25) is 0 Å². The van der Waals surface area contributed by atoms with Crippen LogP contribution in [0.3, 0.4) is 0 Å². The van der Waals surface area contributed by atoms with E-state index in [1.54, 1.807) is 0 Å². The number of fused-ring (bicyclic) bond motifs is 5. The van der Waals surface area contributed by atoms with Crippen LogP contribution in [0.5, 0.6) is 0 Å². The molecule has 3 aliphatic rings. The van der Waals surface area contributed by atoms with E-state index in [0.29, 0.717) is 11.6 Å². The zero-order chi connectivity index (χ0) is 13.9. The summed E-state index contributed by atoms with van der Waals surface area (Å²) in [5, 5.41) is 3.58. The Morgan fingerprint density at radius 3 is 2.60 bits per heavy atom. The summed E-state index contributed by atoms with van der Waals surface area (Å²) in [6.45, 7) is 1.86. The van der Waals surface area contributed by atoms with E-state index < -0.39 is 0 Å². The van der Waals surface area contributed by atoms with Crippen molar-refractivity contribution in [2.24, 2.45) is 23.7 Å². The van der Waals surface area contributed by atoms with E-state index in [4.69, 9.17) is 4.74 Å². The number of aryl methyl sites for hydroxylation is 1. The number of hydrogen-bond donors (Lipinski definition) is 1. The molecule has 1 aromatic heterocycles. The molecule has 4 unspecified atom stereocenters. The summed E-state index contributed by atoms with van der Waals surface area (Å²) in [6.07, 6.45) is 4.32. The maximum Gasteiger partial charge on any atom is 0.339 e. The third-order valence-corrected chi connectivity index (χ3v) is 5.54. The van der Waals surface area contributed by atoms with Crippen LogP contribution in [-0.4, -0.2) is 24.1 Å². The van der Waals surface area contributed by atoms with Crippen LogP contribution < -0.4 is 5.32 Å². The zero-order valence-electron chi connectivity index (χ0n) is 11.9. The third-order valence-electron chi connectivity index (χ3n) is 5.54. The monoisotopic (exact) mass is 272 g/mol. The van der Waals surface area contributed by atoms with E-state index in [-0.39, 0.29) is 5.97 Å². The molecule has 4 atom stereocenters. The smallest absolute Gasteiger partial charge is 0.339 e. The van der Waals surface area contributed by atoms with Gasteiger partial charge in [-0.1, -0.05) is 0 Å². The Kier molecular flexibility index (Phi) is 2.56. The first-order valence-corrected chi connectivity index (χ1v) is 7.51. The number of carbonyl (C=O) groups excluding carboxylic acids is 1. The van der Waals surface area contributed by atoms with Gasteiger partial charge in [-0.25, -0.2) is 9.78 Å². The maximum atomic E-state index is 11.6. The van der Waals surface area contributed by atoms with Crippen molar-refractivity contribution in [2.45, 2.75) is 32.2 Å². The highest BCUT2D eigenvalue weighted by Gasteiger charge is 2.65. The number of methoxy groups -OCH3 is 1. The number of esters is 1. The molecule has 1 N–H and O–H groups in total. The second kappa shape index (κ2) is 4.21. The van der Waals surface area contributed by atoms with Gasteiger partial charge in [0.05, 0.1) is 18.4 Å². The van der Waals surface area contributed by atoms with Crippen LogP contribution in [0.4, 0.5) is 5.82 Å².